The molecule has 4 rings (SSSR count). The topological polar surface area (TPSA) is 105 Å². The molecule has 0 radical (unpaired) electrons. The summed E-state index contributed by atoms with van der Waals surface area (Å²) in [5.74, 6) is -1.45. The van der Waals surface area contributed by atoms with E-state index in [1.54, 1.807) is 6.07 Å². The third-order valence-electron chi connectivity index (χ3n) is 6.34. The number of imide groups is 1. The number of carbonyl (C=O) groups is 4. The van der Waals surface area contributed by atoms with Gasteiger partial charge >= 0.3 is 12.0 Å². The molecule has 1 aliphatic heterocycles. The number of ether oxygens (including phenoxy) is 1. The highest BCUT2D eigenvalue weighted by molar-refractivity contribution is 6.09. The summed E-state index contributed by atoms with van der Waals surface area (Å²) >= 11 is 0. The lowest BCUT2D eigenvalue weighted by Crippen LogP contribution is -2.54. The van der Waals surface area contributed by atoms with Crippen LogP contribution < -0.4 is 10.6 Å². The van der Waals surface area contributed by atoms with Crippen molar-refractivity contribution in [2.24, 2.45) is 11.3 Å². The number of nitrogens with zero attached hydrogens (tertiary/aromatic N) is 1. The lowest BCUT2D eigenvalue weighted by atomic mass is 9.64. The number of anilines is 1. The van der Waals surface area contributed by atoms with Crippen molar-refractivity contribution in [3.63, 3.8) is 0 Å². The highest BCUT2D eigenvalue weighted by atomic mass is 16.5. The van der Waals surface area contributed by atoms with Crippen molar-refractivity contribution in [2.45, 2.75) is 45.6 Å². The van der Waals surface area contributed by atoms with E-state index in [1.807, 2.05) is 36.4 Å². The summed E-state index contributed by atoms with van der Waals surface area (Å²) in [6.07, 6.45) is 2.03. The molecule has 2 atom stereocenters. The maximum Gasteiger partial charge on any atom is 0.326 e. The van der Waals surface area contributed by atoms with Gasteiger partial charge in [-0.25, -0.2) is 4.79 Å². The lowest BCUT2D eigenvalue weighted by molar-refractivity contribution is -0.150. The van der Waals surface area contributed by atoms with Crippen LogP contribution in [0.2, 0.25) is 0 Å². The molecular formula is C25H29N3O5. The third kappa shape index (κ3) is 4.69. The van der Waals surface area contributed by atoms with E-state index in [4.69, 9.17) is 4.74 Å². The monoisotopic (exact) mass is 451 g/mol. The SMILES string of the molecule is CC1CC(C)(C)CC2(C1)NC(=O)N(CC(=O)OCC(=O)Nc1cccc3ccccc13)C2=O. The van der Waals surface area contributed by atoms with E-state index in [0.717, 1.165) is 22.1 Å². The average Bonchev–Trinajstić information content (AvgIpc) is 2.94. The van der Waals surface area contributed by atoms with Crippen LogP contribution in [0.25, 0.3) is 10.8 Å². The van der Waals surface area contributed by atoms with Gasteiger partial charge in [0.25, 0.3) is 11.8 Å². The van der Waals surface area contributed by atoms with Gasteiger partial charge in [0.2, 0.25) is 0 Å². The van der Waals surface area contributed by atoms with Gasteiger partial charge in [0.15, 0.2) is 6.61 Å². The van der Waals surface area contributed by atoms with Crippen molar-refractivity contribution in [2.75, 3.05) is 18.5 Å². The molecule has 1 saturated heterocycles. The highest BCUT2D eigenvalue weighted by Gasteiger charge is 2.56. The quantitative estimate of drug-likeness (QED) is 0.535. The van der Waals surface area contributed by atoms with Crippen LogP contribution in [0, 0.1) is 11.3 Å². The summed E-state index contributed by atoms with van der Waals surface area (Å²) in [6.45, 7) is 5.18. The predicted molar refractivity (Wildman–Crippen MR) is 123 cm³/mol. The molecule has 8 nitrogen and oxygen atoms in total. The first kappa shape index (κ1) is 22.8. The summed E-state index contributed by atoms with van der Waals surface area (Å²) in [6, 6.07) is 12.5. The molecule has 2 aromatic carbocycles. The van der Waals surface area contributed by atoms with Gasteiger partial charge in [-0.2, -0.15) is 0 Å². The number of hydrogen-bond acceptors (Lipinski definition) is 5. The van der Waals surface area contributed by atoms with E-state index >= 15 is 0 Å². The summed E-state index contributed by atoms with van der Waals surface area (Å²) < 4.78 is 5.06. The van der Waals surface area contributed by atoms with Crippen LogP contribution in [0.5, 0.6) is 0 Å². The number of urea groups is 1. The van der Waals surface area contributed by atoms with Gasteiger partial charge in [-0.15, -0.1) is 0 Å². The van der Waals surface area contributed by atoms with Crippen molar-refractivity contribution in [3.05, 3.63) is 42.5 Å². The molecule has 33 heavy (non-hydrogen) atoms. The van der Waals surface area contributed by atoms with Crippen molar-refractivity contribution in [1.82, 2.24) is 10.2 Å². The maximum atomic E-state index is 13.1. The first-order chi connectivity index (χ1) is 15.6. The van der Waals surface area contributed by atoms with E-state index in [1.165, 1.54) is 0 Å². The van der Waals surface area contributed by atoms with Gasteiger partial charge in [0, 0.05) is 11.1 Å². The van der Waals surface area contributed by atoms with Gasteiger partial charge in [0.1, 0.15) is 12.1 Å². The molecule has 2 aromatic rings. The van der Waals surface area contributed by atoms with Crippen LogP contribution in [0.3, 0.4) is 0 Å². The molecule has 2 fully saturated rings. The van der Waals surface area contributed by atoms with Crippen LogP contribution in [0.1, 0.15) is 40.0 Å². The van der Waals surface area contributed by atoms with Gasteiger partial charge in [-0.05, 0) is 42.0 Å². The van der Waals surface area contributed by atoms with Crippen molar-refractivity contribution >= 4 is 40.3 Å². The maximum absolute atomic E-state index is 13.1. The summed E-state index contributed by atoms with van der Waals surface area (Å²) in [5, 5.41) is 7.40. The molecule has 4 amide bonds. The number of nitrogens with one attached hydrogen (secondary N) is 2. The van der Waals surface area contributed by atoms with E-state index in [0.29, 0.717) is 18.5 Å². The number of esters is 1. The molecule has 1 spiro atoms. The van der Waals surface area contributed by atoms with Crippen LogP contribution >= 0.6 is 0 Å². The van der Waals surface area contributed by atoms with Crippen LogP contribution in [0.15, 0.2) is 42.5 Å². The fourth-order valence-corrected chi connectivity index (χ4v) is 5.49. The Balaban J connectivity index is 1.34. The number of carbonyl (C=O) groups excluding carboxylic acids is 4. The normalized spacial score (nSPS) is 24.1. The summed E-state index contributed by atoms with van der Waals surface area (Å²) in [7, 11) is 0. The Morgan fingerprint density at radius 2 is 1.85 bits per heavy atom. The standard InChI is InChI=1S/C25H29N3O5/c1-16-11-24(2,3)15-25(12-16)22(31)28(23(32)27-25)13-21(30)33-14-20(29)26-19-10-6-8-17-7-4-5-9-18(17)19/h4-10,16H,11-15H2,1-3H3,(H,26,29)(H,27,32). The summed E-state index contributed by atoms with van der Waals surface area (Å²) in [5.41, 5.74) is -0.472. The number of rotatable bonds is 5. The highest BCUT2D eigenvalue weighted by Crippen LogP contribution is 2.46. The first-order valence-electron chi connectivity index (χ1n) is 11.2. The predicted octanol–water partition coefficient (Wildman–Crippen LogP) is 3.46. The van der Waals surface area contributed by atoms with E-state index in [9.17, 15) is 19.2 Å². The van der Waals surface area contributed by atoms with Gasteiger partial charge in [-0.1, -0.05) is 57.2 Å². The van der Waals surface area contributed by atoms with Crippen LogP contribution in [-0.4, -0.2) is 47.4 Å². The molecule has 1 saturated carbocycles. The molecule has 8 heteroatoms. The Labute approximate surface area is 192 Å². The fourth-order valence-electron chi connectivity index (χ4n) is 5.49. The molecular weight excluding hydrogens is 422 g/mol. The van der Waals surface area contributed by atoms with Gasteiger partial charge in [0.05, 0.1) is 0 Å². The van der Waals surface area contributed by atoms with Gasteiger partial charge < -0.3 is 15.4 Å². The second-order valence-electron chi connectivity index (χ2n) is 9.99. The van der Waals surface area contributed by atoms with E-state index in [-0.39, 0.29) is 11.3 Å². The zero-order chi connectivity index (χ0) is 23.8. The minimum atomic E-state index is -0.982. The zero-order valence-electron chi connectivity index (χ0n) is 19.1. The number of amides is 4. The van der Waals surface area contributed by atoms with Crippen molar-refractivity contribution < 1.29 is 23.9 Å². The van der Waals surface area contributed by atoms with E-state index in [2.05, 4.69) is 31.4 Å². The van der Waals surface area contributed by atoms with Gasteiger partial charge in [-0.3, -0.25) is 19.3 Å². The zero-order valence-corrected chi connectivity index (χ0v) is 19.1. The first-order valence-corrected chi connectivity index (χ1v) is 11.2. The molecule has 2 unspecified atom stereocenters. The Kier molecular flexibility index (Phi) is 5.86. The Morgan fingerprint density at radius 1 is 1.12 bits per heavy atom. The molecule has 0 bridgehead atoms. The minimum absolute atomic E-state index is 0.100. The smallest absolute Gasteiger partial charge is 0.326 e. The second kappa shape index (κ2) is 8.50. The molecule has 0 aromatic heterocycles. The molecule has 1 aliphatic carbocycles. The Bertz CT molecular complexity index is 1120. The second-order valence-corrected chi connectivity index (χ2v) is 9.99. The average molecular weight is 452 g/mol. The molecule has 174 valence electrons. The molecule has 1 heterocycles. The lowest BCUT2D eigenvalue weighted by Gasteiger charge is -2.43. The number of fused-ring (bicyclic) bond motifs is 1. The number of benzene rings is 2. The molecule has 2 N–H and O–H groups in total. The Hall–Kier alpha value is -3.42. The van der Waals surface area contributed by atoms with Crippen LogP contribution in [-0.2, 0) is 19.1 Å². The minimum Gasteiger partial charge on any atom is -0.454 e. The van der Waals surface area contributed by atoms with Crippen molar-refractivity contribution in [1.29, 1.82) is 0 Å². The summed E-state index contributed by atoms with van der Waals surface area (Å²) in [4.78, 5) is 51.2. The molecule has 2 aliphatic rings. The number of hydrogen-bond donors (Lipinski definition) is 2. The van der Waals surface area contributed by atoms with Crippen LogP contribution in [0.4, 0.5) is 10.5 Å². The largest absolute Gasteiger partial charge is 0.454 e. The van der Waals surface area contributed by atoms with E-state index < -0.39 is 42.5 Å². The Morgan fingerprint density at radius 3 is 2.61 bits per heavy atom. The third-order valence-corrected chi connectivity index (χ3v) is 6.34. The van der Waals surface area contributed by atoms with Crippen molar-refractivity contribution in [3.8, 4) is 0 Å². The fraction of sp³-hybridized carbons (Fsp3) is 0.440.